The number of carbonyl (C=O) groups excluding carboxylic acids is 1. The molecule has 2 N–H and O–H groups in total. The quantitative estimate of drug-likeness (QED) is 0.393. The van der Waals surface area contributed by atoms with Gasteiger partial charge in [-0.3, -0.25) is 4.79 Å². The van der Waals surface area contributed by atoms with Gasteiger partial charge in [0.1, 0.15) is 0 Å². The molecule has 2 fully saturated rings. The molecule has 1 aromatic rings. The number of piperidine rings is 2. The highest BCUT2D eigenvalue weighted by Gasteiger charge is 2.28. The van der Waals surface area contributed by atoms with Gasteiger partial charge in [-0.2, -0.15) is 0 Å². The third-order valence-electron chi connectivity index (χ3n) is 6.26. The molecule has 2 heterocycles. The summed E-state index contributed by atoms with van der Waals surface area (Å²) in [6.45, 7) is 9.63. The maximum absolute atomic E-state index is 12.2. The first-order chi connectivity index (χ1) is 15.1. The van der Waals surface area contributed by atoms with Crippen LogP contribution in [0, 0.1) is 11.8 Å². The molecule has 0 amide bonds. The molecule has 1 aromatic carbocycles. The number of guanidine groups is 1. The van der Waals surface area contributed by atoms with E-state index in [1.165, 1.54) is 11.3 Å². The lowest BCUT2D eigenvalue weighted by Crippen LogP contribution is -2.48. The molecular weight excluding hydrogens is 392 g/mol. The first-order valence-electron chi connectivity index (χ1n) is 11.8. The van der Waals surface area contributed by atoms with Crippen molar-refractivity contribution in [3.63, 3.8) is 0 Å². The van der Waals surface area contributed by atoms with Gasteiger partial charge >= 0.3 is 5.97 Å². The molecule has 7 heteroatoms. The Morgan fingerprint density at radius 3 is 2.55 bits per heavy atom. The Labute approximate surface area is 186 Å². The second-order valence-electron chi connectivity index (χ2n) is 8.49. The van der Waals surface area contributed by atoms with Crippen molar-refractivity contribution in [1.29, 1.82) is 0 Å². The van der Waals surface area contributed by atoms with Crippen molar-refractivity contribution in [2.24, 2.45) is 16.8 Å². The molecule has 7 nitrogen and oxygen atoms in total. The summed E-state index contributed by atoms with van der Waals surface area (Å²) in [6, 6.07) is 8.65. The summed E-state index contributed by atoms with van der Waals surface area (Å²) in [7, 11) is 0. The van der Waals surface area contributed by atoms with Gasteiger partial charge in [-0.15, -0.1) is 0 Å². The Balaban J connectivity index is 1.59. The van der Waals surface area contributed by atoms with Gasteiger partial charge in [0.25, 0.3) is 0 Å². The minimum atomic E-state index is -0.0957. The van der Waals surface area contributed by atoms with E-state index >= 15 is 0 Å². The van der Waals surface area contributed by atoms with Gasteiger partial charge in [-0.05, 0) is 63.1 Å². The van der Waals surface area contributed by atoms with Gasteiger partial charge in [-0.25, -0.2) is 4.99 Å². The van der Waals surface area contributed by atoms with Crippen LogP contribution in [-0.4, -0.2) is 67.9 Å². The molecule has 1 atom stereocenters. The highest BCUT2D eigenvalue weighted by atomic mass is 16.5. The molecule has 0 bridgehead atoms. The number of aliphatic imine (C=N–C) groups is 1. The van der Waals surface area contributed by atoms with Gasteiger partial charge in [0, 0.05) is 45.0 Å². The average molecular weight is 431 g/mol. The number of esters is 1. The summed E-state index contributed by atoms with van der Waals surface area (Å²) in [5.41, 5.74) is 2.41. The molecule has 3 rings (SSSR count). The Bertz CT molecular complexity index is 714. The maximum atomic E-state index is 12.2. The highest BCUT2D eigenvalue weighted by molar-refractivity contribution is 5.81. The van der Waals surface area contributed by atoms with E-state index in [0.717, 1.165) is 57.8 Å². The Morgan fingerprint density at radius 2 is 1.90 bits per heavy atom. The van der Waals surface area contributed by atoms with Crippen LogP contribution in [0.15, 0.2) is 29.3 Å². The van der Waals surface area contributed by atoms with Crippen LogP contribution in [0.25, 0.3) is 0 Å². The van der Waals surface area contributed by atoms with Crippen molar-refractivity contribution in [2.75, 3.05) is 50.8 Å². The zero-order valence-electron chi connectivity index (χ0n) is 19.1. The van der Waals surface area contributed by atoms with E-state index in [9.17, 15) is 9.90 Å². The molecule has 2 aliphatic heterocycles. The minimum Gasteiger partial charge on any atom is -0.466 e. The molecule has 0 radical (unpaired) electrons. The van der Waals surface area contributed by atoms with Gasteiger partial charge in [0.05, 0.1) is 19.1 Å². The van der Waals surface area contributed by atoms with Crippen molar-refractivity contribution in [1.82, 2.24) is 10.2 Å². The number of aliphatic hydroxyl groups excluding tert-OH is 1. The molecule has 31 heavy (non-hydrogen) atoms. The third-order valence-corrected chi connectivity index (χ3v) is 6.26. The Hall–Kier alpha value is -2.28. The van der Waals surface area contributed by atoms with Crippen molar-refractivity contribution >= 4 is 17.6 Å². The van der Waals surface area contributed by atoms with Crippen LogP contribution < -0.4 is 10.2 Å². The standard InChI is InChI=1S/C24H38N4O3/c1-3-25-24(28-13-5-6-21(17-28)23(30)31-4-2)26-16-19-7-9-22(10-8-19)27-14-11-20(18-29)12-15-27/h7-10,20-21,29H,3-6,11-18H2,1-2H3,(H,25,26). The van der Waals surface area contributed by atoms with Crippen molar-refractivity contribution in [2.45, 2.75) is 46.1 Å². The molecule has 2 aliphatic rings. The number of nitrogens with zero attached hydrogens (tertiary/aromatic N) is 3. The van der Waals surface area contributed by atoms with E-state index in [4.69, 9.17) is 9.73 Å². The number of rotatable bonds is 7. The summed E-state index contributed by atoms with van der Waals surface area (Å²) in [4.78, 5) is 21.6. The monoisotopic (exact) mass is 430 g/mol. The number of benzene rings is 1. The Morgan fingerprint density at radius 1 is 1.16 bits per heavy atom. The summed E-state index contributed by atoms with van der Waals surface area (Å²) in [5, 5.41) is 12.7. The number of hydrogen-bond donors (Lipinski definition) is 2. The van der Waals surface area contributed by atoms with E-state index in [2.05, 4.69) is 46.3 Å². The predicted octanol–water partition coefficient (Wildman–Crippen LogP) is 2.64. The number of hydrogen-bond acceptors (Lipinski definition) is 5. The number of likely N-dealkylation sites (tertiary alicyclic amines) is 1. The first-order valence-corrected chi connectivity index (χ1v) is 11.8. The molecule has 1 unspecified atom stereocenters. The number of ether oxygens (including phenoxy) is 1. The molecule has 2 saturated heterocycles. The van der Waals surface area contributed by atoms with Crippen LogP contribution in [0.4, 0.5) is 5.69 Å². The smallest absolute Gasteiger partial charge is 0.310 e. The van der Waals surface area contributed by atoms with Crippen molar-refractivity contribution in [3.8, 4) is 0 Å². The van der Waals surface area contributed by atoms with E-state index < -0.39 is 0 Å². The van der Waals surface area contributed by atoms with Gasteiger partial charge in [0.15, 0.2) is 5.96 Å². The highest BCUT2D eigenvalue weighted by Crippen LogP contribution is 2.24. The summed E-state index contributed by atoms with van der Waals surface area (Å²) >= 11 is 0. The summed E-state index contributed by atoms with van der Waals surface area (Å²) in [5.74, 6) is 1.15. The fraction of sp³-hybridized carbons (Fsp3) is 0.667. The minimum absolute atomic E-state index is 0.0770. The topological polar surface area (TPSA) is 77.4 Å². The van der Waals surface area contributed by atoms with Crippen LogP contribution in [0.1, 0.15) is 45.1 Å². The third kappa shape index (κ3) is 6.60. The van der Waals surface area contributed by atoms with Gasteiger partial charge < -0.3 is 25.0 Å². The zero-order valence-corrected chi connectivity index (χ0v) is 19.1. The van der Waals surface area contributed by atoms with E-state index in [1.807, 2.05) is 6.92 Å². The van der Waals surface area contributed by atoms with Crippen LogP contribution >= 0.6 is 0 Å². The molecule has 0 spiro atoms. The number of anilines is 1. The lowest BCUT2D eigenvalue weighted by atomic mass is 9.97. The Kier molecular flexibility index (Phi) is 9.00. The lowest BCUT2D eigenvalue weighted by Gasteiger charge is -2.34. The van der Waals surface area contributed by atoms with Crippen LogP contribution in [0.5, 0.6) is 0 Å². The fourth-order valence-corrected chi connectivity index (χ4v) is 4.40. The molecule has 0 saturated carbocycles. The first kappa shape index (κ1) is 23.4. The fourth-order valence-electron chi connectivity index (χ4n) is 4.40. The van der Waals surface area contributed by atoms with Crippen molar-refractivity contribution in [3.05, 3.63) is 29.8 Å². The molecular formula is C24H38N4O3. The maximum Gasteiger partial charge on any atom is 0.310 e. The van der Waals surface area contributed by atoms with Crippen molar-refractivity contribution < 1.29 is 14.6 Å². The number of aliphatic hydroxyl groups is 1. The number of nitrogens with one attached hydrogen (secondary N) is 1. The average Bonchev–Trinajstić information content (AvgIpc) is 2.82. The largest absolute Gasteiger partial charge is 0.466 e. The van der Waals surface area contributed by atoms with Crippen LogP contribution in [0.3, 0.4) is 0 Å². The van der Waals surface area contributed by atoms with Crippen LogP contribution in [-0.2, 0) is 16.1 Å². The number of carbonyl (C=O) groups is 1. The predicted molar refractivity (Wildman–Crippen MR) is 124 cm³/mol. The zero-order chi connectivity index (χ0) is 22.1. The van der Waals surface area contributed by atoms with E-state index in [0.29, 0.717) is 32.2 Å². The molecule has 172 valence electrons. The van der Waals surface area contributed by atoms with E-state index in [-0.39, 0.29) is 11.9 Å². The normalized spacial score (nSPS) is 20.6. The second kappa shape index (κ2) is 11.9. The molecule has 0 aromatic heterocycles. The van der Waals surface area contributed by atoms with Crippen LogP contribution in [0.2, 0.25) is 0 Å². The lowest BCUT2D eigenvalue weighted by molar-refractivity contribution is -0.149. The summed E-state index contributed by atoms with van der Waals surface area (Å²) < 4.78 is 5.23. The van der Waals surface area contributed by atoms with E-state index in [1.54, 1.807) is 0 Å². The van der Waals surface area contributed by atoms with Gasteiger partial charge in [-0.1, -0.05) is 12.1 Å². The van der Waals surface area contributed by atoms with Gasteiger partial charge in [0.2, 0.25) is 0 Å². The summed E-state index contributed by atoms with van der Waals surface area (Å²) in [6.07, 6.45) is 3.95. The SMILES string of the molecule is CCNC(=NCc1ccc(N2CCC(CO)CC2)cc1)N1CCCC(C(=O)OCC)C1. The second-order valence-corrected chi connectivity index (χ2v) is 8.49. The molecule has 0 aliphatic carbocycles.